The van der Waals surface area contributed by atoms with E-state index in [1.54, 1.807) is 13.3 Å². The van der Waals surface area contributed by atoms with E-state index in [0.717, 1.165) is 30.3 Å². The van der Waals surface area contributed by atoms with Gasteiger partial charge >= 0.3 is 0 Å². The first-order chi connectivity index (χ1) is 11.7. The predicted molar refractivity (Wildman–Crippen MR) is 96.5 cm³/mol. The molecule has 1 aromatic carbocycles. The number of likely N-dealkylation sites (tertiary alicyclic amines) is 1. The van der Waals surface area contributed by atoms with Crippen molar-refractivity contribution in [3.05, 3.63) is 54.2 Å². The topological polar surface area (TPSA) is 42.4 Å². The first-order valence-corrected chi connectivity index (χ1v) is 9.06. The monoisotopic (exact) mass is 342 g/mol. The maximum Gasteiger partial charge on any atom is 0.235 e. The first-order valence-electron chi connectivity index (χ1n) is 8.18. The average molecular weight is 342 g/mol. The van der Waals surface area contributed by atoms with E-state index in [2.05, 4.69) is 17.1 Å². The van der Waals surface area contributed by atoms with Crippen LogP contribution in [0.5, 0.6) is 5.75 Å². The Morgan fingerprint density at radius 3 is 2.75 bits per heavy atom. The second-order valence-corrected chi connectivity index (χ2v) is 7.33. The van der Waals surface area contributed by atoms with Crippen molar-refractivity contribution in [2.24, 2.45) is 0 Å². The van der Waals surface area contributed by atoms with Crippen molar-refractivity contribution >= 4 is 17.7 Å². The number of pyridine rings is 1. The number of amides is 1. The van der Waals surface area contributed by atoms with Gasteiger partial charge in [0.05, 0.1) is 17.4 Å². The SMILES string of the molecule is COc1ccc([C@H]2CCN(C(=O)[C@H](C)Sc3ccccn3)C2)cc1. The van der Waals surface area contributed by atoms with Gasteiger partial charge in [-0.25, -0.2) is 4.98 Å². The Labute approximate surface area is 147 Å². The number of carbonyl (C=O) groups excluding carboxylic acids is 1. The largest absolute Gasteiger partial charge is 0.497 e. The number of hydrogen-bond acceptors (Lipinski definition) is 4. The molecule has 3 rings (SSSR count). The summed E-state index contributed by atoms with van der Waals surface area (Å²) in [6, 6.07) is 13.9. The van der Waals surface area contributed by atoms with Gasteiger partial charge in [0, 0.05) is 25.2 Å². The summed E-state index contributed by atoms with van der Waals surface area (Å²) in [6.45, 7) is 3.57. The summed E-state index contributed by atoms with van der Waals surface area (Å²) in [7, 11) is 1.67. The lowest BCUT2D eigenvalue weighted by Gasteiger charge is -2.20. The fourth-order valence-electron chi connectivity index (χ4n) is 3.01. The van der Waals surface area contributed by atoms with Crippen LogP contribution in [-0.4, -0.2) is 41.2 Å². The average Bonchev–Trinajstić information content (AvgIpc) is 3.12. The van der Waals surface area contributed by atoms with Crippen LogP contribution in [0.4, 0.5) is 0 Å². The summed E-state index contributed by atoms with van der Waals surface area (Å²) >= 11 is 1.52. The van der Waals surface area contributed by atoms with Gasteiger partial charge in [0.25, 0.3) is 0 Å². The van der Waals surface area contributed by atoms with E-state index >= 15 is 0 Å². The van der Waals surface area contributed by atoms with Gasteiger partial charge < -0.3 is 9.64 Å². The van der Waals surface area contributed by atoms with Gasteiger partial charge in [-0.2, -0.15) is 0 Å². The molecule has 24 heavy (non-hydrogen) atoms. The third-order valence-corrected chi connectivity index (χ3v) is 5.41. The van der Waals surface area contributed by atoms with Crippen LogP contribution in [0.25, 0.3) is 0 Å². The molecule has 1 aliphatic rings. The minimum Gasteiger partial charge on any atom is -0.497 e. The van der Waals surface area contributed by atoms with E-state index in [1.165, 1.54) is 17.3 Å². The van der Waals surface area contributed by atoms with Crippen LogP contribution in [0.2, 0.25) is 0 Å². The molecule has 0 unspecified atom stereocenters. The number of aromatic nitrogens is 1. The molecule has 5 heteroatoms. The summed E-state index contributed by atoms with van der Waals surface area (Å²) in [5, 5.41) is 0.777. The molecule has 0 saturated carbocycles. The minimum absolute atomic E-state index is 0.116. The lowest BCUT2D eigenvalue weighted by Crippen LogP contribution is -2.34. The number of methoxy groups -OCH3 is 1. The van der Waals surface area contributed by atoms with Gasteiger partial charge in [-0.3, -0.25) is 4.79 Å². The van der Waals surface area contributed by atoms with Crippen LogP contribution >= 0.6 is 11.8 Å². The zero-order chi connectivity index (χ0) is 16.9. The lowest BCUT2D eigenvalue weighted by molar-refractivity contribution is -0.129. The van der Waals surface area contributed by atoms with Crippen molar-refractivity contribution in [3.63, 3.8) is 0 Å². The fraction of sp³-hybridized carbons (Fsp3) is 0.368. The summed E-state index contributed by atoms with van der Waals surface area (Å²) in [5.74, 6) is 1.47. The number of ether oxygens (including phenoxy) is 1. The second-order valence-electron chi connectivity index (χ2n) is 5.97. The normalized spacial score (nSPS) is 18.4. The highest BCUT2D eigenvalue weighted by atomic mass is 32.2. The van der Waals surface area contributed by atoms with Crippen molar-refractivity contribution in [1.29, 1.82) is 0 Å². The Bertz CT molecular complexity index is 676. The molecular weight excluding hydrogens is 320 g/mol. The standard InChI is InChI=1S/C19H22N2O2S/c1-14(24-18-5-3-4-11-20-18)19(22)21-12-10-16(13-21)15-6-8-17(23-2)9-7-15/h3-9,11,14,16H,10,12-13H2,1-2H3/t14-,16-/m0/s1. The van der Waals surface area contributed by atoms with Crippen molar-refractivity contribution in [3.8, 4) is 5.75 Å². The van der Waals surface area contributed by atoms with Crippen LogP contribution in [0.15, 0.2) is 53.7 Å². The van der Waals surface area contributed by atoms with Gasteiger partial charge in [-0.15, -0.1) is 0 Å². The molecule has 4 nitrogen and oxygen atoms in total. The first kappa shape index (κ1) is 16.8. The van der Waals surface area contributed by atoms with E-state index in [4.69, 9.17) is 4.74 Å². The van der Waals surface area contributed by atoms with Crippen LogP contribution in [0, 0.1) is 0 Å². The molecule has 1 fully saturated rings. The molecule has 2 aromatic rings. The number of benzene rings is 1. The van der Waals surface area contributed by atoms with Crippen molar-refractivity contribution in [1.82, 2.24) is 9.88 Å². The molecule has 1 saturated heterocycles. The number of carbonyl (C=O) groups is 1. The molecule has 0 N–H and O–H groups in total. The van der Waals surface area contributed by atoms with Crippen molar-refractivity contribution in [2.75, 3.05) is 20.2 Å². The smallest absolute Gasteiger partial charge is 0.235 e. The Hall–Kier alpha value is -2.01. The number of nitrogens with zero attached hydrogens (tertiary/aromatic N) is 2. The Balaban J connectivity index is 1.58. The van der Waals surface area contributed by atoms with E-state index in [-0.39, 0.29) is 11.2 Å². The predicted octanol–water partition coefficient (Wildman–Crippen LogP) is 3.59. The van der Waals surface area contributed by atoms with E-state index in [9.17, 15) is 4.79 Å². The summed E-state index contributed by atoms with van der Waals surface area (Å²) in [4.78, 5) is 19.0. The zero-order valence-corrected chi connectivity index (χ0v) is 14.8. The van der Waals surface area contributed by atoms with Crippen LogP contribution < -0.4 is 4.74 Å². The summed E-state index contributed by atoms with van der Waals surface area (Å²) in [6.07, 6.45) is 2.77. The van der Waals surface area contributed by atoms with Crippen molar-refractivity contribution < 1.29 is 9.53 Å². The molecule has 126 valence electrons. The fourth-order valence-corrected chi connectivity index (χ4v) is 3.91. The third-order valence-electron chi connectivity index (χ3n) is 4.37. The van der Waals surface area contributed by atoms with Crippen LogP contribution in [0.1, 0.15) is 24.8 Å². The Kier molecular flexibility index (Phi) is 5.41. The van der Waals surface area contributed by atoms with Crippen molar-refractivity contribution in [2.45, 2.75) is 29.5 Å². The number of hydrogen-bond donors (Lipinski definition) is 0. The zero-order valence-electron chi connectivity index (χ0n) is 14.0. The van der Waals surface area contributed by atoms with Crippen LogP contribution in [0.3, 0.4) is 0 Å². The van der Waals surface area contributed by atoms with E-state index in [0.29, 0.717) is 5.92 Å². The molecule has 1 aliphatic heterocycles. The summed E-state index contributed by atoms with van der Waals surface area (Å²) in [5.41, 5.74) is 1.27. The lowest BCUT2D eigenvalue weighted by atomic mass is 9.98. The Morgan fingerprint density at radius 1 is 1.29 bits per heavy atom. The maximum absolute atomic E-state index is 12.7. The molecule has 0 spiro atoms. The molecule has 2 heterocycles. The third kappa shape index (κ3) is 3.90. The quantitative estimate of drug-likeness (QED) is 0.779. The molecule has 2 atom stereocenters. The van der Waals surface area contributed by atoms with E-state index < -0.39 is 0 Å². The number of rotatable bonds is 5. The van der Waals surface area contributed by atoms with Gasteiger partial charge in [0.2, 0.25) is 5.91 Å². The van der Waals surface area contributed by atoms with Gasteiger partial charge in [-0.1, -0.05) is 30.0 Å². The molecule has 1 amide bonds. The second kappa shape index (κ2) is 7.71. The van der Waals surface area contributed by atoms with E-state index in [1.807, 2.05) is 42.2 Å². The van der Waals surface area contributed by atoms with Gasteiger partial charge in [0.15, 0.2) is 0 Å². The molecule has 0 aliphatic carbocycles. The number of thioether (sulfide) groups is 1. The minimum atomic E-state index is -0.116. The molecule has 0 radical (unpaired) electrons. The van der Waals surface area contributed by atoms with Gasteiger partial charge in [0.1, 0.15) is 5.75 Å². The summed E-state index contributed by atoms with van der Waals surface area (Å²) < 4.78 is 5.21. The maximum atomic E-state index is 12.7. The molecular formula is C19H22N2O2S. The molecule has 1 aromatic heterocycles. The van der Waals surface area contributed by atoms with Crippen LogP contribution in [-0.2, 0) is 4.79 Å². The highest BCUT2D eigenvalue weighted by molar-refractivity contribution is 8.00. The highest BCUT2D eigenvalue weighted by Crippen LogP contribution is 2.30. The van der Waals surface area contributed by atoms with Gasteiger partial charge in [-0.05, 0) is 43.2 Å². The highest BCUT2D eigenvalue weighted by Gasteiger charge is 2.30. The molecule has 0 bridgehead atoms. The Morgan fingerprint density at radius 2 is 2.08 bits per heavy atom.